The monoisotopic (exact) mass is 284 g/mol. The SMILES string of the molecule is O=[N+]([O-])c1cc(F)cc(Nc2ccc(F)c(Cl)c2)c1. The number of anilines is 2. The molecule has 1 N–H and O–H groups in total. The van der Waals surface area contributed by atoms with E-state index in [0.29, 0.717) is 5.69 Å². The van der Waals surface area contributed by atoms with Crippen LogP contribution in [0.2, 0.25) is 5.02 Å². The Labute approximate surface area is 111 Å². The van der Waals surface area contributed by atoms with Gasteiger partial charge in [0.15, 0.2) is 0 Å². The molecular weight excluding hydrogens is 278 g/mol. The van der Waals surface area contributed by atoms with Crippen LogP contribution in [0.15, 0.2) is 36.4 Å². The second kappa shape index (κ2) is 5.19. The van der Waals surface area contributed by atoms with Crippen LogP contribution in [0.3, 0.4) is 0 Å². The molecule has 0 unspecified atom stereocenters. The molecule has 19 heavy (non-hydrogen) atoms. The average molecular weight is 285 g/mol. The predicted molar refractivity (Wildman–Crippen MR) is 67.7 cm³/mol. The molecule has 0 bridgehead atoms. The Hall–Kier alpha value is -2.21. The Balaban J connectivity index is 2.32. The van der Waals surface area contributed by atoms with E-state index in [1.54, 1.807) is 0 Å². The highest BCUT2D eigenvalue weighted by atomic mass is 35.5. The predicted octanol–water partition coefficient (Wildman–Crippen LogP) is 4.27. The van der Waals surface area contributed by atoms with Crippen molar-refractivity contribution < 1.29 is 13.7 Å². The molecule has 0 fully saturated rings. The van der Waals surface area contributed by atoms with Crippen LogP contribution in [0.25, 0.3) is 0 Å². The van der Waals surface area contributed by atoms with Gasteiger partial charge in [-0.25, -0.2) is 8.78 Å². The lowest BCUT2D eigenvalue weighted by Gasteiger charge is -2.07. The smallest absolute Gasteiger partial charge is 0.274 e. The van der Waals surface area contributed by atoms with Gasteiger partial charge in [-0.2, -0.15) is 0 Å². The zero-order chi connectivity index (χ0) is 14.0. The minimum absolute atomic E-state index is 0.101. The van der Waals surface area contributed by atoms with Crippen molar-refractivity contribution in [2.45, 2.75) is 0 Å². The van der Waals surface area contributed by atoms with E-state index in [1.807, 2.05) is 0 Å². The van der Waals surface area contributed by atoms with Gasteiger partial charge in [0.05, 0.1) is 16.0 Å². The van der Waals surface area contributed by atoms with Crippen molar-refractivity contribution in [1.29, 1.82) is 0 Å². The maximum Gasteiger partial charge on any atom is 0.274 e. The molecule has 0 aliphatic heterocycles. The van der Waals surface area contributed by atoms with Crippen LogP contribution in [0.1, 0.15) is 0 Å². The highest BCUT2D eigenvalue weighted by molar-refractivity contribution is 6.31. The third-order valence-electron chi connectivity index (χ3n) is 2.30. The molecule has 4 nitrogen and oxygen atoms in total. The van der Waals surface area contributed by atoms with Crippen LogP contribution in [0.5, 0.6) is 0 Å². The van der Waals surface area contributed by atoms with Gasteiger partial charge in [0, 0.05) is 17.4 Å². The summed E-state index contributed by atoms with van der Waals surface area (Å²) < 4.78 is 26.2. The minimum atomic E-state index is -0.745. The van der Waals surface area contributed by atoms with Crippen LogP contribution in [-0.2, 0) is 0 Å². The number of nitro benzene ring substituents is 1. The normalized spacial score (nSPS) is 10.3. The van der Waals surface area contributed by atoms with Crippen molar-refractivity contribution >= 4 is 28.7 Å². The third kappa shape index (κ3) is 3.17. The number of non-ortho nitro benzene ring substituents is 1. The van der Waals surface area contributed by atoms with Crippen LogP contribution in [0.4, 0.5) is 25.8 Å². The highest BCUT2D eigenvalue weighted by Gasteiger charge is 2.10. The number of nitro groups is 1. The van der Waals surface area contributed by atoms with Gasteiger partial charge in [-0.05, 0) is 24.3 Å². The molecule has 0 aromatic heterocycles. The molecule has 2 aromatic rings. The number of hydrogen-bond acceptors (Lipinski definition) is 3. The molecule has 2 rings (SSSR count). The summed E-state index contributed by atoms with van der Waals surface area (Å²) in [5, 5.41) is 13.2. The van der Waals surface area contributed by atoms with E-state index in [9.17, 15) is 18.9 Å². The molecule has 98 valence electrons. The van der Waals surface area contributed by atoms with E-state index in [0.717, 1.165) is 18.2 Å². The second-order valence-electron chi connectivity index (χ2n) is 3.71. The van der Waals surface area contributed by atoms with Gasteiger partial charge in [0.2, 0.25) is 0 Å². The third-order valence-corrected chi connectivity index (χ3v) is 2.59. The fraction of sp³-hybridized carbons (Fsp3) is 0. The van der Waals surface area contributed by atoms with Crippen LogP contribution >= 0.6 is 11.6 Å². The summed E-state index contributed by atoms with van der Waals surface area (Å²) in [4.78, 5) is 9.89. The Morgan fingerprint density at radius 1 is 1.11 bits per heavy atom. The summed E-state index contributed by atoms with van der Waals surface area (Å²) in [6.45, 7) is 0. The Kier molecular flexibility index (Phi) is 3.62. The van der Waals surface area contributed by atoms with E-state index < -0.39 is 16.6 Å². The van der Waals surface area contributed by atoms with Crippen molar-refractivity contribution in [3.8, 4) is 0 Å². The first-order valence-electron chi connectivity index (χ1n) is 5.13. The summed E-state index contributed by atoms with van der Waals surface area (Å²) in [6, 6.07) is 6.89. The van der Waals surface area contributed by atoms with E-state index in [1.165, 1.54) is 18.2 Å². The van der Waals surface area contributed by atoms with Crippen LogP contribution in [0, 0.1) is 21.7 Å². The Morgan fingerprint density at radius 2 is 1.84 bits per heavy atom. The molecule has 0 aliphatic rings. The van der Waals surface area contributed by atoms with Crippen molar-refractivity contribution in [1.82, 2.24) is 0 Å². The first kappa shape index (κ1) is 13.2. The standard InChI is InChI=1S/C12H7ClF2N2O2/c13-11-6-8(1-2-12(11)15)16-9-3-7(14)4-10(5-9)17(18)19/h1-6,16H. The molecule has 0 saturated carbocycles. The Morgan fingerprint density at radius 3 is 2.47 bits per heavy atom. The van der Waals surface area contributed by atoms with E-state index in [2.05, 4.69) is 5.32 Å². The van der Waals surface area contributed by atoms with Gasteiger partial charge in [-0.3, -0.25) is 10.1 Å². The van der Waals surface area contributed by atoms with Gasteiger partial charge >= 0.3 is 0 Å². The summed E-state index contributed by atoms with van der Waals surface area (Å²) in [6.07, 6.45) is 0. The van der Waals surface area contributed by atoms with Gasteiger partial charge in [0.25, 0.3) is 5.69 Å². The summed E-state index contributed by atoms with van der Waals surface area (Å²) in [5.41, 5.74) is 0.191. The zero-order valence-electron chi connectivity index (χ0n) is 9.36. The zero-order valence-corrected chi connectivity index (χ0v) is 10.1. The Bertz CT molecular complexity index is 650. The molecule has 0 heterocycles. The van der Waals surface area contributed by atoms with Crippen LogP contribution < -0.4 is 5.32 Å². The lowest BCUT2D eigenvalue weighted by molar-refractivity contribution is -0.385. The van der Waals surface area contributed by atoms with Gasteiger partial charge < -0.3 is 5.32 Å². The summed E-state index contributed by atoms with van der Waals surface area (Å²) in [7, 11) is 0. The number of nitrogens with zero attached hydrogens (tertiary/aromatic N) is 1. The highest BCUT2D eigenvalue weighted by Crippen LogP contribution is 2.26. The lowest BCUT2D eigenvalue weighted by atomic mass is 10.2. The maximum atomic E-state index is 13.2. The number of nitrogens with one attached hydrogen (secondary N) is 1. The van der Waals surface area contributed by atoms with E-state index >= 15 is 0 Å². The van der Waals surface area contributed by atoms with Gasteiger partial charge in [0.1, 0.15) is 11.6 Å². The molecule has 0 amide bonds. The fourth-order valence-corrected chi connectivity index (χ4v) is 1.67. The van der Waals surface area contributed by atoms with Crippen LogP contribution in [-0.4, -0.2) is 4.92 Å². The lowest BCUT2D eigenvalue weighted by Crippen LogP contribution is -1.95. The first-order valence-corrected chi connectivity index (χ1v) is 5.50. The average Bonchev–Trinajstić information content (AvgIpc) is 2.33. The van der Waals surface area contributed by atoms with E-state index in [-0.39, 0.29) is 16.4 Å². The summed E-state index contributed by atoms with van der Waals surface area (Å²) in [5.74, 6) is -1.33. The number of halogens is 3. The number of hydrogen-bond donors (Lipinski definition) is 1. The van der Waals surface area contributed by atoms with Crippen molar-refractivity contribution in [3.05, 3.63) is 63.2 Å². The molecule has 7 heteroatoms. The maximum absolute atomic E-state index is 13.2. The second-order valence-corrected chi connectivity index (χ2v) is 4.12. The molecule has 0 saturated heterocycles. The first-order chi connectivity index (χ1) is 8.95. The molecule has 0 radical (unpaired) electrons. The van der Waals surface area contributed by atoms with Gasteiger partial charge in [-0.1, -0.05) is 11.6 Å². The fourth-order valence-electron chi connectivity index (χ4n) is 1.49. The molecule has 2 aromatic carbocycles. The van der Waals surface area contributed by atoms with Crippen molar-refractivity contribution in [2.75, 3.05) is 5.32 Å². The quantitative estimate of drug-likeness (QED) is 0.676. The summed E-state index contributed by atoms with van der Waals surface area (Å²) >= 11 is 5.60. The number of benzene rings is 2. The largest absolute Gasteiger partial charge is 0.355 e. The van der Waals surface area contributed by atoms with E-state index in [4.69, 9.17) is 11.6 Å². The molecular formula is C12H7ClF2N2O2. The topological polar surface area (TPSA) is 55.2 Å². The minimum Gasteiger partial charge on any atom is -0.355 e. The molecule has 0 atom stereocenters. The van der Waals surface area contributed by atoms with Crippen molar-refractivity contribution in [2.24, 2.45) is 0 Å². The van der Waals surface area contributed by atoms with Gasteiger partial charge in [-0.15, -0.1) is 0 Å². The molecule has 0 spiro atoms. The molecule has 0 aliphatic carbocycles. The van der Waals surface area contributed by atoms with Crippen molar-refractivity contribution in [3.63, 3.8) is 0 Å². The number of rotatable bonds is 3.